The molecule has 0 radical (unpaired) electrons. The fourth-order valence-corrected chi connectivity index (χ4v) is 4.18. The number of carbonyl (C=O) groups excluding carboxylic acids is 2. The predicted molar refractivity (Wildman–Crippen MR) is 101 cm³/mol. The molecule has 2 amide bonds. The molecule has 2 aromatic rings. The van der Waals surface area contributed by atoms with Gasteiger partial charge in [0.1, 0.15) is 5.88 Å². The topological polar surface area (TPSA) is 62.3 Å². The van der Waals surface area contributed by atoms with Crippen molar-refractivity contribution in [1.29, 1.82) is 0 Å². The van der Waals surface area contributed by atoms with Gasteiger partial charge in [-0.1, -0.05) is 6.07 Å². The van der Waals surface area contributed by atoms with Crippen molar-refractivity contribution in [2.24, 2.45) is 0 Å². The molecule has 1 aliphatic rings. The molecule has 0 spiro atoms. The molecule has 1 aromatic carbocycles. The molecule has 1 atom stereocenters. The van der Waals surface area contributed by atoms with Crippen LogP contribution < -0.4 is 5.32 Å². The van der Waals surface area contributed by atoms with Gasteiger partial charge in [-0.05, 0) is 43.4 Å². The summed E-state index contributed by atoms with van der Waals surface area (Å²) in [5.74, 6) is -0.0154. The molecule has 2 heterocycles. The molecule has 1 saturated heterocycles. The van der Waals surface area contributed by atoms with E-state index in [0.717, 1.165) is 48.0 Å². The lowest BCUT2D eigenvalue weighted by molar-refractivity contribution is -0.134. The second-order valence-corrected chi connectivity index (χ2v) is 7.49. The molecular weight excluding hydrogens is 358 g/mol. The first-order valence-electron chi connectivity index (χ1n) is 8.61. The SMILES string of the molecule is O=C(CCl)NCCC1CCCCN1C(=O)Cc1ccc2ncsc2c1. The average molecular weight is 380 g/mol. The number of hydrogen-bond donors (Lipinski definition) is 1. The normalized spacial score (nSPS) is 17.6. The van der Waals surface area contributed by atoms with Gasteiger partial charge < -0.3 is 10.2 Å². The molecule has 5 nitrogen and oxygen atoms in total. The number of amides is 2. The van der Waals surface area contributed by atoms with E-state index in [1.54, 1.807) is 11.3 Å². The zero-order chi connectivity index (χ0) is 17.6. The van der Waals surface area contributed by atoms with E-state index < -0.39 is 0 Å². The quantitative estimate of drug-likeness (QED) is 0.785. The largest absolute Gasteiger partial charge is 0.355 e. The third kappa shape index (κ3) is 4.70. The van der Waals surface area contributed by atoms with Crippen molar-refractivity contribution in [3.8, 4) is 0 Å². The third-order valence-electron chi connectivity index (χ3n) is 4.62. The molecule has 3 rings (SSSR count). The summed E-state index contributed by atoms with van der Waals surface area (Å²) in [5.41, 5.74) is 3.83. The van der Waals surface area contributed by atoms with E-state index in [4.69, 9.17) is 11.6 Å². The standard InChI is InChI=1S/C18H22ClN3O2S/c19-11-17(23)20-7-6-14-3-1-2-8-22(14)18(24)10-13-4-5-15-16(9-13)25-12-21-15/h4-5,9,12,14H,1-3,6-8,10-11H2,(H,20,23). The molecule has 1 aromatic heterocycles. The van der Waals surface area contributed by atoms with E-state index in [0.29, 0.717) is 13.0 Å². The highest BCUT2D eigenvalue weighted by Crippen LogP contribution is 2.23. The van der Waals surface area contributed by atoms with Gasteiger partial charge in [-0.3, -0.25) is 9.59 Å². The summed E-state index contributed by atoms with van der Waals surface area (Å²) in [5, 5.41) is 2.79. The van der Waals surface area contributed by atoms with Crippen LogP contribution in [-0.2, 0) is 16.0 Å². The number of nitrogens with one attached hydrogen (secondary N) is 1. The molecule has 134 valence electrons. The molecule has 0 aliphatic carbocycles. The zero-order valence-electron chi connectivity index (χ0n) is 14.0. The number of piperidine rings is 1. The maximum absolute atomic E-state index is 12.8. The minimum absolute atomic E-state index is 0.0205. The van der Waals surface area contributed by atoms with Crippen LogP contribution >= 0.6 is 22.9 Å². The Morgan fingerprint density at radius 3 is 3.08 bits per heavy atom. The van der Waals surface area contributed by atoms with Crippen molar-refractivity contribution in [3.63, 3.8) is 0 Å². The number of halogens is 1. The van der Waals surface area contributed by atoms with Crippen molar-refractivity contribution >= 4 is 45.0 Å². The van der Waals surface area contributed by atoms with Crippen LogP contribution in [0.4, 0.5) is 0 Å². The molecular formula is C18H22ClN3O2S. The van der Waals surface area contributed by atoms with Gasteiger partial charge in [-0.15, -0.1) is 22.9 Å². The fraction of sp³-hybridized carbons (Fsp3) is 0.500. The number of rotatable bonds is 6. The highest BCUT2D eigenvalue weighted by molar-refractivity contribution is 7.16. The highest BCUT2D eigenvalue weighted by atomic mass is 35.5. The van der Waals surface area contributed by atoms with Crippen LogP contribution in [0.25, 0.3) is 10.2 Å². The number of likely N-dealkylation sites (tertiary alicyclic amines) is 1. The number of benzene rings is 1. The lowest BCUT2D eigenvalue weighted by Crippen LogP contribution is -2.46. The summed E-state index contributed by atoms with van der Waals surface area (Å²) in [4.78, 5) is 30.3. The number of carbonyl (C=O) groups is 2. The zero-order valence-corrected chi connectivity index (χ0v) is 15.6. The molecule has 1 fully saturated rings. The van der Waals surface area contributed by atoms with E-state index in [1.807, 2.05) is 22.5 Å². The van der Waals surface area contributed by atoms with E-state index in [1.165, 1.54) is 0 Å². The predicted octanol–water partition coefficient (Wildman–Crippen LogP) is 2.97. The number of thiazole rings is 1. The Morgan fingerprint density at radius 2 is 2.24 bits per heavy atom. The number of aromatic nitrogens is 1. The lowest BCUT2D eigenvalue weighted by atomic mass is 9.98. The van der Waals surface area contributed by atoms with Gasteiger partial charge in [0.05, 0.1) is 22.1 Å². The summed E-state index contributed by atoms with van der Waals surface area (Å²) in [6.07, 6.45) is 4.37. The number of fused-ring (bicyclic) bond motifs is 1. The van der Waals surface area contributed by atoms with Crippen LogP contribution in [0.2, 0.25) is 0 Å². The van der Waals surface area contributed by atoms with Crippen molar-refractivity contribution in [1.82, 2.24) is 15.2 Å². The monoisotopic (exact) mass is 379 g/mol. The Hall–Kier alpha value is -1.66. The van der Waals surface area contributed by atoms with E-state index in [2.05, 4.69) is 16.4 Å². The Labute approximate surface area is 156 Å². The first kappa shape index (κ1) is 18.1. The van der Waals surface area contributed by atoms with Crippen LogP contribution in [-0.4, -0.2) is 46.7 Å². The minimum atomic E-state index is -0.159. The van der Waals surface area contributed by atoms with Crippen LogP contribution in [0.3, 0.4) is 0 Å². The van der Waals surface area contributed by atoms with Crippen molar-refractivity contribution in [2.75, 3.05) is 19.0 Å². The third-order valence-corrected chi connectivity index (χ3v) is 5.65. The maximum atomic E-state index is 12.8. The van der Waals surface area contributed by atoms with Crippen molar-refractivity contribution in [3.05, 3.63) is 29.3 Å². The van der Waals surface area contributed by atoms with Crippen LogP contribution in [0, 0.1) is 0 Å². The Kier molecular flexibility index (Phi) is 6.26. The smallest absolute Gasteiger partial charge is 0.234 e. The second-order valence-electron chi connectivity index (χ2n) is 6.34. The molecule has 1 N–H and O–H groups in total. The Morgan fingerprint density at radius 1 is 1.36 bits per heavy atom. The maximum Gasteiger partial charge on any atom is 0.234 e. The average Bonchev–Trinajstić information content (AvgIpc) is 3.09. The molecule has 0 saturated carbocycles. The van der Waals surface area contributed by atoms with Gasteiger partial charge in [-0.2, -0.15) is 0 Å². The first-order chi connectivity index (χ1) is 12.2. The van der Waals surface area contributed by atoms with Gasteiger partial charge in [-0.25, -0.2) is 4.98 Å². The molecule has 0 bridgehead atoms. The van der Waals surface area contributed by atoms with E-state index >= 15 is 0 Å². The number of hydrogen-bond acceptors (Lipinski definition) is 4. The van der Waals surface area contributed by atoms with Gasteiger partial charge in [0.25, 0.3) is 0 Å². The van der Waals surface area contributed by atoms with Gasteiger partial charge in [0.2, 0.25) is 11.8 Å². The van der Waals surface area contributed by atoms with Gasteiger partial charge in [0.15, 0.2) is 0 Å². The molecule has 7 heteroatoms. The van der Waals surface area contributed by atoms with Gasteiger partial charge >= 0.3 is 0 Å². The Bertz CT molecular complexity index is 749. The number of nitrogens with zero attached hydrogens (tertiary/aromatic N) is 2. The van der Waals surface area contributed by atoms with Crippen LogP contribution in [0.5, 0.6) is 0 Å². The van der Waals surface area contributed by atoms with E-state index in [-0.39, 0.29) is 23.7 Å². The summed E-state index contributed by atoms with van der Waals surface area (Å²) >= 11 is 7.09. The minimum Gasteiger partial charge on any atom is -0.355 e. The Balaban J connectivity index is 1.60. The van der Waals surface area contributed by atoms with E-state index in [9.17, 15) is 9.59 Å². The molecule has 25 heavy (non-hydrogen) atoms. The van der Waals surface area contributed by atoms with Crippen LogP contribution in [0.15, 0.2) is 23.7 Å². The summed E-state index contributed by atoms with van der Waals surface area (Å²) < 4.78 is 1.12. The fourth-order valence-electron chi connectivity index (χ4n) is 3.34. The van der Waals surface area contributed by atoms with Crippen molar-refractivity contribution < 1.29 is 9.59 Å². The second kappa shape index (κ2) is 8.63. The van der Waals surface area contributed by atoms with Crippen molar-refractivity contribution in [2.45, 2.75) is 38.1 Å². The van der Waals surface area contributed by atoms with Crippen LogP contribution in [0.1, 0.15) is 31.2 Å². The molecule has 1 unspecified atom stereocenters. The van der Waals surface area contributed by atoms with Gasteiger partial charge in [0, 0.05) is 19.1 Å². The summed E-state index contributed by atoms with van der Waals surface area (Å²) in [6.45, 7) is 1.36. The molecule has 1 aliphatic heterocycles. The number of alkyl halides is 1. The summed E-state index contributed by atoms with van der Waals surface area (Å²) in [7, 11) is 0. The summed E-state index contributed by atoms with van der Waals surface area (Å²) in [6, 6.07) is 6.22. The lowest BCUT2D eigenvalue weighted by Gasteiger charge is -2.36. The first-order valence-corrected chi connectivity index (χ1v) is 10.0. The highest BCUT2D eigenvalue weighted by Gasteiger charge is 2.26.